The van der Waals surface area contributed by atoms with E-state index in [0.717, 1.165) is 105 Å². The van der Waals surface area contributed by atoms with Crippen molar-refractivity contribution in [3.05, 3.63) is 69.2 Å². The summed E-state index contributed by atoms with van der Waals surface area (Å²) in [6, 6.07) is 7.94. The third-order valence-electron chi connectivity index (χ3n) is 11.0. The van der Waals surface area contributed by atoms with E-state index in [9.17, 15) is 24.3 Å². The fourth-order valence-electron chi connectivity index (χ4n) is 8.44. The summed E-state index contributed by atoms with van der Waals surface area (Å²) in [6.07, 6.45) is 10.1. The van der Waals surface area contributed by atoms with Gasteiger partial charge in [0.2, 0.25) is 0 Å². The number of carbonyl (C=O) groups excluding carboxylic acids is 4. The van der Waals surface area contributed by atoms with E-state index < -0.39 is 22.7 Å². The van der Waals surface area contributed by atoms with Crippen LogP contribution in [0.25, 0.3) is 11.1 Å². The SMILES string of the molecule is CCOC(=O)Cl.CCOC(=O)OC1=C(c2c(CC)cc(C)cc2OC)C(=O)NC12CCCCC2.CCc1cc(C)cc(OC)c1C1=C(O)C2(CCCCC2)NC1=O. The third-order valence-corrected chi connectivity index (χ3v) is 11.1. The van der Waals surface area contributed by atoms with E-state index in [0.29, 0.717) is 40.6 Å². The molecule has 2 saturated carbocycles. The van der Waals surface area contributed by atoms with E-state index in [1.165, 1.54) is 0 Å². The van der Waals surface area contributed by atoms with Gasteiger partial charge in [-0.25, -0.2) is 9.59 Å². The highest BCUT2D eigenvalue weighted by Gasteiger charge is 2.50. The maximum Gasteiger partial charge on any atom is 0.513 e. The van der Waals surface area contributed by atoms with Crippen molar-refractivity contribution in [1.29, 1.82) is 0 Å². The van der Waals surface area contributed by atoms with E-state index in [1.807, 2.05) is 39.0 Å². The maximum atomic E-state index is 13.2. The Morgan fingerprint density at radius 1 is 0.684 bits per heavy atom. The van der Waals surface area contributed by atoms with Crippen LogP contribution in [0.3, 0.4) is 0 Å². The molecule has 0 bridgehead atoms. The first kappa shape index (κ1) is 45.0. The average molecular weight is 811 g/mol. The Hall–Kier alpha value is -4.71. The third kappa shape index (κ3) is 10.1. The Balaban J connectivity index is 0.000000224. The van der Waals surface area contributed by atoms with Crippen molar-refractivity contribution in [2.24, 2.45) is 0 Å². The number of aryl methyl sites for hydroxylation is 4. The van der Waals surface area contributed by atoms with Gasteiger partial charge in [-0.15, -0.1) is 0 Å². The molecular formula is C44H59ClN2O10. The number of amides is 2. The van der Waals surface area contributed by atoms with Crippen LogP contribution >= 0.6 is 11.6 Å². The zero-order valence-electron chi connectivity index (χ0n) is 34.7. The zero-order valence-corrected chi connectivity index (χ0v) is 35.5. The fourth-order valence-corrected chi connectivity index (χ4v) is 8.55. The van der Waals surface area contributed by atoms with E-state index in [2.05, 4.69) is 28.4 Å². The van der Waals surface area contributed by atoms with Crippen LogP contribution in [0.15, 0.2) is 35.8 Å². The number of halogens is 1. The Morgan fingerprint density at radius 3 is 1.54 bits per heavy atom. The molecule has 6 rings (SSSR count). The number of aliphatic hydroxyl groups excluding tert-OH is 1. The molecule has 0 unspecified atom stereocenters. The second kappa shape index (κ2) is 20.1. The first-order chi connectivity index (χ1) is 27.2. The standard InChI is InChI=1S/C22H29NO5.C19H25NO3.C3H5ClO2/c1-5-15-12-14(3)13-16(26-4)17(15)18-19(28-21(25)27-6-2)22(23-20(18)24)10-8-7-9-11-22;1-4-13-10-12(2)11-14(23-3)15(13)16-17(21)19(20-18(16)22)8-6-5-7-9-19;1-2-6-3(4)5/h12-13H,5-11H2,1-4H3,(H,23,24);10-11,21H,4-9H2,1-3H3,(H,20,22);2H2,1H3. The van der Waals surface area contributed by atoms with Gasteiger partial charge >= 0.3 is 11.6 Å². The minimum Gasteiger partial charge on any atom is -0.509 e. The first-order valence-electron chi connectivity index (χ1n) is 20.1. The number of rotatable bonds is 9. The highest BCUT2D eigenvalue weighted by molar-refractivity contribution is 6.61. The molecule has 12 nitrogen and oxygen atoms in total. The minimum absolute atomic E-state index is 0.179. The van der Waals surface area contributed by atoms with Gasteiger partial charge in [0.25, 0.3) is 11.8 Å². The summed E-state index contributed by atoms with van der Waals surface area (Å²) < 4.78 is 26.0. The van der Waals surface area contributed by atoms with Crippen molar-refractivity contribution in [2.75, 3.05) is 27.4 Å². The summed E-state index contributed by atoms with van der Waals surface area (Å²) >= 11 is 4.72. The summed E-state index contributed by atoms with van der Waals surface area (Å²) in [5.41, 5.74) is 4.45. The quantitative estimate of drug-likeness (QED) is 0.165. The van der Waals surface area contributed by atoms with Crippen LogP contribution in [0.2, 0.25) is 0 Å². The predicted molar refractivity (Wildman–Crippen MR) is 220 cm³/mol. The molecule has 2 fully saturated rings. The molecule has 2 amide bonds. The Labute approximate surface area is 341 Å². The summed E-state index contributed by atoms with van der Waals surface area (Å²) in [5.74, 6) is 1.46. The molecule has 13 heteroatoms. The van der Waals surface area contributed by atoms with Crippen LogP contribution in [0.4, 0.5) is 9.59 Å². The number of hydrogen-bond acceptors (Lipinski definition) is 10. The number of nitrogens with one attached hydrogen (secondary N) is 2. The monoisotopic (exact) mass is 810 g/mol. The van der Waals surface area contributed by atoms with Crippen molar-refractivity contribution >= 4 is 46.1 Å². The molecule has 4 aliphatic rings. The Kier molecular flexibility index (Phi) is 15.9. The number of hydrogen-bond donors (Lipinski definition) is 3. The molecule has 2 heterocycles. The largest absolute Gasteiger partial charge is 0.513 e. The normalized spacial score (nSPS) is 17.8. The molecule has 0 aromatic heterocycles. The second-order valence-corrected chi connectivity index (χ2v) is 15.1. The predicted octanol–water partition coefficient (Wildman–Crippen LogP) is 9.33. The Morgan fingerprint density at radius 2 is 1.12 bits per heavy atom. The molecule has 2 aromatic rings. The molecule has 2 aromatic carbocycles. The lowest BCUT2D eigenvalue weighted by atomic mass is 9.80. The van der Waals surface area contributed by atoms with Gasteiger partial charge in [-0.3, -0.25) is 9.59 Å². The van der Waals surface area contributed by atoms with E-state index >= 15 is 0 Å². The van der Waals surface area contributed by atoms with Gasteiger partial charge < -0.3 is 39.4 Å². The maximum absolute atomic E-state index is 13.2. The molecule has 312 valence electrons. The van der Waals surface area contributed by atoms with Crippen molar-refractivity contribution in [3.63, 3.8) is 0 Å². The van der Waals surface area contributed by atoms with Crippen LogP contribution in [0, 0.1) is 13.8 Å². The summed E-state index contributed by atoms with van der Waals surface area (Å²) in [4.78, 5) is 47.7. The highest BCUT2D eigenvalue weighted by Crippen LogP contribution is 2.47. The van der Waals surface area contributed by atoms with Gasteiger partial charge in [-0.1, -0.05) is 64.5 Å². The average Bonchev–Trinajstić information content (AvgIpc) is 3.57. The van der Waals surface area contributed by atoms with Gasteiger partial charge in [0.1, 0.15) is 17.3 Å². The molecule has 2 spiro atoms. The first-order valence-corrected chi connectivity index (χ1v) is 20.5. The Bertz CT molecular complexity index is 1820. The number of carbonyl (C=O) groups is 4. The minimum atomic E-state index is -0.777. The van der Waals surface area contributed by atoms with Gasteiger partial charge in [-0.05, 0) is 101 Å². The molecule has 3 N–H and O–H groups in total. The van der Waals surface area contributed by atoms with E-state index in [4.69, 9.17) is 30.5 Å². The van der Waals surface area contributed by atoms with Crippen molar-refractivity contribution in [1.82, 2.24) is 10.6 Å². The lowest BCUT2D eigenvalue weighted by Gasteiger charge is -2.34. The highest BCUT2D eigenvalue weighted by atomic mass is 35.5. The molecule has 0 radical (unpaired) electrons. The van der Waals surface area contributed by atoms with E-state index in [-0.39, 0.29) is 24.2 Å². The summed E-state index contributed by atoms with van der Waals surface area (Å²) in [7, 11) is 3.20. The molecule has 2 aliphatic heterocycles. The van der Waals surface area contributed by atoms with E-state index in [1.54, 1.807) is 28.1 Å². The number of aliphatic hydroxyl groups is 1. The molecular weight excluding hydrogens is 752 g/mol. The number of methoxy groups -OCH3 is 2. The topological polar surface area (TPSA) is 159 Å². The van der Waals surface area contributed by atoms with Crippen molar-refractivity contribution in [3.8, 4) is 11.5 Å². The van der Waals surface area contributed by atoms with Crippen LogP contribution in [-0.4, -0.2) is 67.0 Å². The smallest absolute Gasteiger partial charge is 0.509 e. The summed E-state index contributed by atoms with van der Waals surface area (Å²) in [5, 5.41) is 17.1. The zero-order chi connectivity index (χ0) is 41.9. The van der Waals surface area contributed by atoms with Crippen LogP contribution in [0.5, 0.6) is 11.5 Å². The van der Waals surface area contributed by atoms with Crippen molar-refractivity contribution in [2.45, 2.75) is 130 Å². The lowest BCUT2D eigenvalue weighted by molar-refractivity contribution is -0.117. The second-order valence-electron chi connectivity index (χ2n) is 14.8. The summed E-state index contributed by atoms with van der Waals surface area (Å²) in [6.45, 7) is 12.1. The molecule has 0 atom stereocenters. The van der Waals surface area contributed by atoms with Crippen LogP contribution in [0.1, 0.15) is 125 Å². The van der Waals surface area contributed by atoms with Gasteiger partial charge in [0.05, 0.1) is 49.7 Å². The molecule has 2 aliphatic carbocycles. The van der Waals surface area contributed by atoms with Crippen LogP contribution in [-0.2, 0) is 36.6 Å². The van der Waals surface area contributed by atoms with Gasteiger partial charge in [0, 0.05) is 22.7 Å². The number of ether oxygens (including phenoxy) is 5. The lowest BCUT2D eigenvalue weighted by Crippen LogP contribution is -2.46. The number of benzene rings is 2. The molecule has 57 heavy (non-hydrogen) atoms. The fraction of sp³-hybridized carbons (Fsp3) is 0.545. The van der Waals surface area contributed by atoms with Crippen LogP contribution < -0.4 is 20.1 Å². The van der Waals surface area contributed by atoms with Gasteiger partial charge in [0.15, 0.2) is 5.76 Å². The van der Waals surface area contributed by atoms with Gasteiger partial charge in [-0.2, -0.15) is 0 Å². The van der Waals surface area contributed by atoms with Crippen molar-refractivity contribution < 1.29 is 48.0 Å². The molecule has 0 saturated heterocycles.